The smallest absolute Gasteiger partial charge is 0.427 e. The Hall–Kier alpha value is -2.84. The first-order valence-electron chi connectivity index (χ1n) is 5.50. The van der Waals surface area contributed by atoms with Crippen molar-refractivity contribution in [2.45, 2.75) is 6.92 Å². The van der Waals surface area contributed by atoms with E-state index in [0.717, 1.165) is 25.5 Å². The molecule has 0 aliphatic carbocycles. The maximum absolute atomic E-state index is 10.8. The van der Waals surface area contributed by atoms with Crippen molar-refractivity contribution in [3.8, 4) is 11.5 Å². The highest BCUT2D eigenvalue weighted by Crippen LogP contribution is 2.33. The molecular formula is C11H13N3O6. The number of hydrogen-bond acceptors (Lipinski definition) is 7. The van der Waals surface area contributed by atoms with E-state index in [1.165, 1.54) is 0 Å². The Labute approximate surface area is 114 Å². The molecule has 0 heterocycles. The quantitative estimate of drug-likeness (QED) is 0.478. The summed E-state index contributed by atoms with van der Waals surface area (Å²) in [5, 5.41) is 24.1. The number of rotatable bonds is 5. The van der Waals surface area contributed by atoms with E-state index >= 15 is 0 Å². The lowest BCUT2D eigenvalue weighted by atomic mass is 10.1. The molecule has 0 atom stereocenters. The van der Waals surface area contributed by atoms with E-state index < -0.39 is 11.0 Å². The van der Waals surface area contributed by atoms with Gasteiger partial charge in [-0.3, -0.25) is 10.1 Å². The number of nitro groups is 1. The van der Waals surface area contributed by atoms with Crippen molar-refractivity contribution in [1.82, 2.24) is 5.43 Å². The SMILES string of the molecule is CCOc1cc([N+](=O)[O-])cc(C=NNC(=O)OC)c1O. The van der Waals surface area contributed by atoms with Gasteiger partial charge in [0, 0.05) is 11.6 Å². The van der Waals surface area contributed by atoms with Crippen molar-refractivity contribution in [2.75, 3.05) is 13.7 Å². The second kappa shape index (κ2) is 6.92. The van der Waals surface area contributed by atoms with Gasteiger partial charge in [-0.15, -0.1) is 0 Å². The van der Waals surface area contributed by atoms with Gasteiger partial charge in [0.2, 0.25) is 0 Å². The number of methoxy groups -OCH3 is 1. The Kier molecular flexibility index (Phi) is 5.27. The van der Waals surface area contributed by atoms with Crippen LogP contribution in [0.5, 0.6) is 11.5 Å². The summed E-state index contributed by atoms with van der Waals surface area (Å²) in [5.74, 6) is -0.353. The van der Waals surface area contributed by atoms with Gasteiger partial charge in [-0.1, -0.05) is 0 Å². The number of hydrogen-bond donors (Lipinski definition) is 2. The summed E-state index contributed by atoms with van der Waals surface area (Å²) >= 11 is 0. The lowest BCUT2D eigenvalue weighted by Crippen LogP contribution is -2.16. The third-order valence-corrected chi connectivity index (χ3v) is 2.14. The maximum Gasteiger partial charge on any atom is 0.427 e. The van der Waals surface area contributed by atoms with E-state index in [9.17, 15) is 20.0 Å². The number of non-ortho nitro benzene ring substituents is 1. The molecule has 1 aromatic rings. The molecule has 108 valence electrons. The van der Waals surface area contributed by atoms with Crippen LogP contribution in [-0.4, -0.2) is 36.1 Å². The fourth-order valence-electron chi connectivity index (χ4n) is 1.28. The predicted octanol–water partition coefficient (Wildman–Crippen LogP) is 1.39. The minimum Gasteiger partial charge on any atom is -0.504 e. The summed E-state index contributed by atoms with van der Waals surface area (Å²) < 4.78 is 9.37. The monoisotopic (exact) mass is 283 g/mol. The molecule has 0 radical (unpaired) electrons. The van der Waals surface area contributed by atoms with Crippen LogP contribution in [0.2, 0.25) is 0 Å². The number of benzene rings is 1. The van der Waals surface area contributed by atoms with E-state index in [2.05, 4.69) is 9.84 Å². The van der Waals surface area contributed by atoms with Crippen molar-refractivity contribution in [2.24, 2.45) is 5.10 Å². The number of nitro benzene ring substituents is 1. The summed E-state index contributed by atoms with van der Waals surface area (Å²) in [4.78, 5) is 20.9. The molecule has 0 saturated heterocycles. The number of carbonyl (C=O) groups excluding carboxylic acids is 1. The van der Waals surface area contributed by atoms with Crippen LogP contribution in [0.1, 0.15) is 12.5 Å². The van der Waals surface area contributed by atoms with Gasteiger partial charge in [-0.05, 0) is 6.92 Å². The van der Waals surface area contributed by atoms with Crippen LogP contribution in [0, 0.1) is 10.1 Å². The second-order valence-electron chi connectivity index (χ2n) is 3.43. The molecule has 9 heteroatoms. The number of aromatic hydroxyl groups is 1. The average molecular weight is 283 g/mol. The Bertz CT molecular complexity index is 543. The summed E-state index contributed by atoms with van der Waals surface area (Å²) in [6.07, 6.45) is 0.234. The van der Waals surface area contributed by atoms with Crippen molar-refractivity contribution < 1.29 is 24.3 Å². The number of hydrazone groups is 1. The summed E-state index contributed by atoms with van der Waals surface area (Å²) in [5.41, 5.74) is 1.75. The van der Waals surface area contributed by atoms with Crippen molar-refractivity contribution in [3.05, 3.63) is 27.8 Å². The molecule has 0 unspecified atom stereocenters. The van der Waals surface area contributed by atoms with Crippen LogP contribution < -0.4 is 10.2 Å². The van der Waals surface area contributed by atoms with Gasteiger partial charge in [-0.25, -0.2) is 10.2 Å². The fraction of sp³-hybridized carbons (Fsp3) is 0.273. The molecule has 2 N–H and O–H groups in total. The number of ether oxygens (including phenoxy) is 2. The molecule has 0 aliphatic heterocycles. The highest BCUT2D eigenvalue weighted by molar-refractivity contribution is 5.86. The van der Waals surface area contributed by atoms with Gasteiger partial charge < -0.3 is 14.6 Å². The Morgan fingerprint density at radius 3 is 2.85 bits per heavy atom. The second-order valence-corrected chi connectivity index (χ2v) is 3.43. The first-order valence-corrected chi connectivity index (χ1v) is 5.50. The minimum atomic E-state index is -0.809. The maximum atomic E-state index is 10.8. The van der Waals surface area contributed by atoms with Gasteiger partial charge in [-0.2, -0.15) is 5.10 Å². The number of phenolic OH excluding ortho intramolecular Hbond substituents is 1. The Morgan fingerprint density at radius 2 is 2.30 bits per heavy atom. The molecule has 9 nitrogen and oxygen atoms in total. The molecule has 0 spiro atoms. The number of carbonyl (C=O) groups is 1. The third-order valence-electron chi connectivity index (χ3n) is 2.14. The standard InChI is InChI=1S/C11H13N3O6/c1-3-20-9-5-8(14(17)18)4-7(10(9)15)6-12-13-11(16)19-2/h4-6,15H,3H2,1-2H3,(H,13,16). The van der Waals surface area contributed by atoms with Crippen LogP contribution in [0.15, 0.2) is 17.2 Å². The molecular weight excluding hydrogens is 270 g/mol. The predicted molar refractivity (Wildman–Crippen MR) is 69.1 cm³/mol. The summed E-state index contributed by atoms with van der Waals surface area (Å²) in [6.45, 7) is 1.90. The zero-order valence-electron chi connectivity index (χ0n) is 10.8. The summed E-state index contributed by atoms with van der Waals surface area (Å²) in [6, 6.07) is 2.20. The highest BCUT2D eigenvalue weighted by Gasteiger charge is 2.16. The molecule has 0 bridgehead atoms. The topological polar surface area (TPSA) is 123 Å². The van der Waals surface area contributed by atoms with Gasteiger partial charge in [0.05, 0.1) is 30.9 Å². The number of nitrogens with zero attached hydrogens (tertiary/aromatic N) is 2. The Balaban J connectivity index is 3.10. The molecule has 0 saturated carbocycles. The fourth-order valence-corrected chi connectivity index (χ4v) is 1.28. The van der Waals surface area contributed by atoms with E-state index in [1.54, 1.807) is 6.92 Å². The molecule has 0 aliphatic rings. The summed E-state index contributed by atoms with van der Waals surface area (Å²) in [7, 11) is 1.16. The van der Waals surface area contributed by atoms with Crippen LogP contribution in [0.25, 0.3) is 0 Å². The van der Waals surface area contributed by atoms with E-state index in [-0.39, 0.29) is 29.4 Å². The minimum absolute atomic E-state index is 0.0269. The van der Waals surface area contributed by atoms with Gasteiger partial charge in [0.1, 0.15) is 0 Å². The number of amides is 1. The highest BCUT2D eigenvalue weighted by atomic mass is 16.6. The molecule has 0 fully saturated rings. The largest absolute Gasteiger partial charge is 0.504 e. The zero-order valence-corrected chi connectivity index (χ0v) is 10.8. The van der Waals surface area contributed by atoms with Crippen molar-refractivity contribution in [1.29, 1.82) is 0 Å². The Morgan fingerprint density at radius 1 is 1.60 bits per heavy atom. The molecule has 20 heavy (non-hydrogen) atoms. The lowest BCUT2D eigenvalue weighted by Gasteiger charge is -2.07. The van der Waals surface area contributed by atoms with Gasteiger partial charge in [0.15, 0.2) is 11.5 Å². The molecule has 0 aromatic heterocycles. The van der Waals surface area contributed by atoms with E-state index in [1.807, 2.05) is 5.43 Å². The average Bonchev–Trinajstić information content (AvgIpc) is 2.42. The first kappa shape index (κ1) is 15.2. The van der Waals surface area contributed by atoms with Crippen molar-refractivity contribution >= 4 is 18.0 Å². The van der Waals surface area contributed by atoms with E-state index in [0.29, 0.717) is 0 Å². The van der Waals surface area contributed by atoms with Crippen LogP contribution in [-0.2, 0) is 4.74 Å². The molecule has 1 amide bonds. The normalized spacial score (nSPS) is 10.3. The molecule has 1 aromatic carbocycles. The van der Waals surface area contributed by atoms with Crippen LogP contribution in [0.3, 0.4) is 0 Å². The molecule has 1 rings (SSSR count). The number of nitrogens with one attached hydrogen (secondary N) is 1. The van der Waals surface area contributed by atoms with Crippen LogP contribution >= 0.6 is 0 Å². The number of phenols is 1. The third kappa shape index (κ3) is 3.83. The lowest BCUT2D eigenvalue weighted by molar-refractivity contribution is -0.385. The van der Waals surface area contributed by atoms with Gasteiger partial charge in [0.25, 0.3) is 5.69 Å². The van der Waals surface area contributed by atoms with Crippen LogP contribution in [0.4, 0.5) is 10.5 Å². The zero-order chi connectivity index (χ0) is 15.1. The van der Waals surface area contributed by atoms with Crippen molar-refractivity contribution in [3.63, 3.8) is 0 Å². The van der Waals surface area contributed by atoms with Gasteiger partial charge >= 0.3 is 6.09 Å². The first-order chi connectivity index (χ1) is 9.49. The van der Waals surface area contributed by atoms with E-state index in [4.69, 9.17) is 4.74 Å².